The van der Waals surface area contributed by atoms with Crippen molar-refractivity contribution < 1.29 is 9.90 Å². The van der Waals surface area contributed by atoms with Crippen molar-refractivity contribution in [2.75, 3.05) is 0 Å². The minimum absolute atomic E-state index is 0.0581. The number of nitrogens with zero attached hydrogens (tertiary/aromatic N) is 2. The molecule has 1 N–H and O–H groups in total. The minimum atomic E-state index is -0.678. The first-order valence-electron chi connectivity index (χ1n) is 6.47. The van der Waals surface area contributed by atoms with Gasteiger partial charge in [-0.05, 0) is 31.7 Å². The maximum Gasteiger partial charge on any atom is 0.308 e. The van der Waals surface area contributed by atoms with Gasteiger partial charge in [-0.25, -0.2) is 0 Å². The van der Waals surface area contributed by atoms with Gasteiger partial charge in [-0.3, -0.25) is 9.48 Å². The van der Waals surface area contributed by atoms with Gasteiger partial charge in [-0.2, -0.15) is 5.10 Å². The van der Waals surface area contributed by atoms with Gasteiger partial charge in [0.2, 0.25) is 0 Å². The van der Waals surface area contributed by atoms with Crippen LogP contribution in [0.25, 0.3) is 0 Å². The lowest BCUT2D eigenvalue weighted by molar-refractivity contribution is -0.142. The van der Waals surface area contributed by atoms with Crippen molar-refractivity contribution in [2.24, 2.45) is 5.92 Å². The third-order valence-corrected chi connectivity index (χ3v) is 3.70. The summed E-state index contributed by atoms with van der Waals surface area (Å²) in [5.74, 6) is -0.937. The fourth-order valence-corrected chi connectivity index (χ4v) is 2.74. The lowest BCUT2D eigenvalue weighted by atomic mass is 10.0. The van der Waals surface area contributed by atoms with Crippen LogP contribution in [0.3, 0.4) is 0 Å². The van der Waals surface area contributed by atoms with E-state index < -0.39 is 5.97 Å². The summed E-state index contributed by atoms with van der Waals surface area (Å²) in [6, 6.07) is 2.17. The average Bonchev–Trinajstić information content (AvgIpc) is 2.94. The van der Waals surface area contributed by atoms with Crippen LogP contribution in [0.1, 0.15) is 50.5 Å². The molecule has 0 aromatic carbocycles. The van der Waals surface area contributed by atoms with Gasteiger partial charge in [0.25, 0.3) is 0 Å². The van der Waals surface area contributed by atoms with E-state index in [9.17, 15) is 9.90 Å². The van der Waals surface area contributed by atoms with Gasteiger partial charge < -0.3 is 5.11 Å². The monoisotopic (exact) mass is 236 g/mol. The molecule has 1 aromatic heterocycles. The maximum atomic E-state index is 11.2. The molecule has 94 valence electrons. The van der Waals surface area contributed by atoms with Gasteiger partial charge in [0.1, 0.15) is 0 Å². The number of aliphatic carboxylic acids is 1. The van der Waals surface area contributed by atoms with Gasteiger partial charge in [-0.1, -0.05) is 20.3 Å². The zero-order valence-corrected chi connectivity index (χ0v) is 10.5. The lowest BCUT2D eigenvalue weighted by Crippen LogP contribution is -2.23. The Morgan fingerprint density at radius 2 is 2.24 bits per heavy atom. The third-order valence-electron chi connectivity index (χ3n) is 3.70. The van der Waals surface area contributed by atoms with Crippen LogP contribution in [0, 0.1) is 5.92 Å². The number of hydrogen-bond acceptors (Lipinski definition) is 2. The highest BCUT2D eigenvalue weighted by Crippen LogP contribution is 2.36. The van der Waals surface area contributed by atoms with E-state index in [1.54, 1.807) is 0 Å². The van der Waals surface area contributed by atoms with Gasteiger partial charge in [0.15, 0.2) is 0 Å². The number of carboxylic acids is 1. The van der Waals surface area contributed by atoms with E-state index in [1.165, 1.54) is 5.69 Å². The van der Waals surface area contributed by atoms with E-state index in [-0.39, 0.29) is 12.0 Å². The lowest BCUT2D eigenvalue weighted by Gasteiger charge is -2.18. The Labute approximate surface area is 102 Å². The molecule has 1 aromatic rings. The molecule has 0 amide bonds. The first-order valence-corrected chi connectivity index (χ1v) is 6.47. The Morgan fingerprint density at radius 1 is 1.47 bits per heavy atom. The number of hydrogen-bond donors (Lipinski definition) is 1. The molecule has 17 heavy (non-hydrogen) atoms. The van der Waals surface area contributed by atoms with Crippen LogP contribution in [0.2, 0.25) is 0 Å². The van der Waals surface area contributed by atoms with E-state index in [0.717, 1.165) is 37.8 Å². The second-order valence-electron chi connectivity index (χ2n) is 4.72. The molecule has 0 bridgehead atoms. The maximum absolute atomic E-state index is 11.2. The number of aromatic nitrogens is 2. The van der Waals surface area contributed by atoms with Gasteiger partial charge in [0, 0.05) is 5.69 Å². The molecule has 1 fully saturated rings. The van der Waals surface area contributed by atoms with Crippen LogP contribution < -0.4 is 0 Å². The summed E-state index contributed by atoms with van der Waals surface area (Å²) in [7, 11) is 0. The summed E-state index contributed by atoms with van der Waals surface area (Å²) < 4.78 is 1.98. The molecule has 1 aliphatic rings. The van der Waals surface area contributed by atoms with Crippen LogP contribution in [0.4, 0.5) is 0 Å². The van der Waals surface area contributed by atoms with Crippen molar-refractivity contribution >= 4 is 5.97 Å². The fraction of sp³-hybridized carbons (Fsp3) is 0.692. The molecule has 2 atom stereocenters. The molecule has 0 saturated heterocycles. The highest BCUT2D eigenvalue weighted by atomic mass is 16.4. The van der Waals surface area contributed by atoms with Crippen LogP contribution in [0.5, 0.6) is 0 Å². The molecule has 1 heterocycles. The largest absolute Gasteiger partial charge is 0.481 e. The number of rotatable bonds is 4. The normalized spacial score (nSPS) is 24.1. The Kier molecular flexibility index (Phi) is 3.50. The fourth-order valence-electron chi connectivity index (χ4n) is 2.74. The minimum Gasteiger partial charge on any atom is -0.481 e. The van der Waals surface area contributed by atoms with Crippen molar-refractivity contribution in [1.82, 2.24) is 9.78 Å². The predicted molar refractivity (Wildman–Crippen MR) is 65.0 cm³/mol. The molecule has 0 aliphatic heterocycles. The molecule has 4 nitrogen and oxygen atoms in total. The van der Waals surface area contributed by atoms with Crippen molar-refractivity contribution in [1.29, 1.82) is 0 Å². The smallest absolute Gasteiger partial charge is 0.308 e. The number of aryl methyl sites for hydroxylation is 2. The van der Waals surface area contributed by atoms with E-state index >= 15 is 0 Å². The molecule has 2 rings (SSSR count). The standard InChI is InChI=1S/C13H20N2O2/c1-3-9-8-10(4-2)15(14-9)12-7-5-6-11(12)13(16)17/h8,11-12H,3-7H2,1-2H3,(H,16,17). The summed E-state index contributed by atoms with van der Waals surface area (Å²) in [5.41, 5.74) is 2.23. The Balaban J connectivity index is 2.31. The molecule has 2 unspecified atom stereocenters. The molecule has 4 heteroatoms. The van der Waals surface area contributed by atoms with Crippen LogP contribution in [-0.4, -0.2) is 20.9 Å². The van der Waals surface area contributed by atoms with E-state index in [0.29, 0.717) is 0 Å². The summed E-state index contributed by atoms with van der Waals surface area (Å²) in [6.07, 6.45) is 4.53. The van der Waals surface area contributed by atoms with Gasteiger partial charge >= 0.3 is 5.97 Å². The second-order valence-corrected chi connectivity index (χ2v) is 4.72. The van der Waals surface area contributed by atoms with Gasteiger partial charge in [-0.15, -0.1) is 0 Å². The van der Waals surface area contributed by atoms with E-state index in [4.69, 9.17) is 0 Å². The SMILES string of the molecule is CCc1cc(CC)n(C2CCCC2C(=O)O)n1. The summed E-state index contributed by atoms with van der Waals surface area (Å²) in [5, 5.41) is 13.8. The Morgan fingerprint density at radius 3 is 2.82 bits per heavy atom. The summed E-state index contributed by atoms with van der Waals surface area (Å²) in [6.45, 7) is 4.17. The quantitative estimate of drug-likeness (QED) is 0.873. The van der Waals surface area contributed by atoms with Crippen LogP contribution in [-0.2, 0) is 17.6 Å². The van der Waals surface area contributed by atoms with Crippen molar-refractivity contribution in [2.45, 2.75) is 52.0 Å². The average molecular weight is 236 g/mol. The number of carboxylic acid groups (broad SMARTS) is 1. The van der Waals surface area contributed by atoms with E-state index in [2.05, 4.69) is 25.0 Å². The molecule has 1 aliphatic carbocycles. The van der Waals surface area contributed by atoms with Crippen molar-refractivity contribution in [3.05, 3.63) is 17.5 Å². The molecule has 0 spiro atoms. The molecule has 0 radical (unpaired) electrons. The first kappa shape index (κ1) is 12.1. The molecular weight excluding hydrogens is 216 g/mol. The Bertz CT molecular complexity index is 412. The summed E-state index contributed by atoms with van der Waals surface area (Å²) in [4.78, 5) is 11.2. The van der Waals surface area contributed by atoms with Crippen LogP contribution in [0.15, 0.2) is 6.07 Å². The zero-order valence-electron chi connectivity index (χ0n) is 10.5. The highest BCUT2D eigenvalue weighted by molar-refractivity contribution is 5.71. The topological polar surface area (TPSA) is 55.1 Å². The molecule has 1 saturated carbocycles. The Hall–Kier alpha value is -1.32. The second kappa shape index (κ2) is 4.90. The third kappa shape index (κ3) is 2.21. The predicted octanol–water partition coefficient (Wildman–Crippen LogP) is 2.43. The molecular formula is C13H20N2O2. The first-order chi connectivity index (χ1) is 8.17. The van der Waals surface area contributed by atoms with Gasteiger partial charge in [0.05, 0.1) is 17.7 Å². The highest BCUT2D eigenvalue weighted by Gasteiger charge is 2.35. The summed E-state index contributed by atoms with van der Waals surface area (Å²) >= 11 is 0. The van der Waals surface area contributed by atoms with Crippen LogP contribution >= 0.6 is 0 Å². The van der Waals surface area contributed by atoms with E-state index in [1.807, 2.05) is 4.68 Å². The van der Waals surface area contributed by atoms with Crippen molar-refractivity contribution in [3.8, 4) is 0 Å². The number of carbonyl (C=O) groups is 1. The zero-order chi connectivity index (χ0) is 12.4. The van der Waals surface area contributed by atoms with Crippen molar-refractivity contribution in [3.63, 3.8) is 0 Å².